The Hall–Kier alpha value is -1.49. The largest absolute Gasteiger partial charge is 0.312 e. The van der Waals surface area contributed by atoms with Crippen molar-refractivity contribution < 1.29 is 21.6 Å². The molecule has 2 heterocycles. The third-order valence-corrected chi connectivity index (χ3v) is 8.27. The number of anilines is 1. The molecule has 3 rings (SSSR count). The van der Waals surface area contributed by atoms with E-state index in [9.17, 15) is 21.6 Å². The summed E-state index contributed by atoms with van der Waals surface area (Å²) in [5.74, 6) is -0.463. The first-order chi connectivity index (χ1) is 12.5. The fraction of sp³-hybridized carbons (Fsp3) is 0.588. The van der Waals surface area contributed by atoms with Crippen molar-refractivity contribution in [2.75, 3.05) is 44.9 Å². The van der Waals surface area contributed by atoms with Crippen molar-refractivity contribution in [3.8, 4) is 0 Å². The second-order valence-corrected chi connectivity index (χ2v) is 11.4. The number of rotatable bonds is 4. The lowest BCUT2D eigenvalue weighted by Crippen LogP contribution is -2.46. The van der Waals surface area contributed by atoms with Gasteiger partial charge in [-0.25, -0.2) is 25.4 Å². The molecule has 0 aliphatic carbocycles. The summed E-state index contributed by atoms with van der Waals surface area (Å²) < 4.78 is 50.7. The molecule has 0 aromatic heterocycles. The lowest BCUT2D eigenvalue weighted by atomic mass is 9.98. The Morgan fingerprint density at radius 1 is 1.15 bits per heavy atom. The van der Waals surface area contributed by atoms with Crippen molar-refractivity contribution in [1.82, 2.24) is 8.61 Å². The molecule has 0 saturated carbocycles. The highest BCUT2D eigenvalue weighted by molar-refractivity contribution is 7.89. The number of amides is 1. The van der Waals surface area contributed by atoms with Gasteiger partial charge in [-0.1, -0.05) is 0 Å². The van der Waals surface area contributed by atoms with Crippen molar-refractivity contribution in [1.29, 1.82) is 0 Å². The average Bonchev–Trinajstić information content (AvgIpc) is 3.03. The Kier molecular flexibility index (Phi) is 5.37. The summed E-state index contributed by atoms with van der Waals surface area (Å²) in [5.41, 5.74) is 1.54. The molecule has 0 radical (unpaired) electrons. The van der Waals surface area contributed by atoms with E-state index in [4.69, 9.17) is 0 Å². The number of hydrogen-bond acceptors (Lipinski definition) is 5. The molecule has 8 nitrogen and oxygen atoms in total. The van der Waals surface area contributed by atoms with E-state index in [0.717, 1.165) is 16.1 Å². The quantitative estimate of drug-likeness (QED) is 0.714. The number of carbonyl (C=O) groups is 1. The normalized spacial score (nSPS) is 21.5. The van der Waals surface area contributed by atoms with Crippen LogP contribution in [0.5, 0.6) is 0 Å². The molecule has 10 heteroatoms. The summed E-state index contributed by atoms with van der Waals surface area (Å²) >= 11 is 0. The maximum atomic E-state index is 13.0. The summed E-state index contributed by atoms with van der Waals surface area (Å²) in [5, 5.41) is 0. The summed E-state index contributed by atoms with van der Waals surface area (Å²) in [4.78, 5) is 14.9. The number of hydrogen-bond donors (Lipinski definition) is 0. The molecular formula is C17H25N3O5S2. The van der Waals surface area contributed by atoms with Gasteiger partial charge in [-0.05, 0) is 43.0 Å². The Balaban J connectivity index is 1.82. The van der Waals surface area contributed by atoms with Gasteiger partial charge in [0.15, 0.2) is 0 Å². The topological polar surface area (TPSA) is 95.1 Å². The predicted octanol–water partition coefficient (Wildman–Crippen LogP) is 0.498. The molecule has 0 bridgehead atoms. The molecule has 1 fully saturated rings. The van der Waals surface area contributed by atoms with Gasteiger partial charge in [0.05, 0.1) is 17.1 Å². The maximum Gasteiger partial charge on any atom is 0.242 e. The molecule has 1 aromatic carbocycles. The Labute approximate surface area is 160 Å². The molecule has 1 atom stereocenters. The van der Waals surface area contributed by atoms with Crippen LogP contribution in [0.25, 0.3) is 0 Å². The standard InChI is InChI=1S/C17H25N3O5S2/c1-18(2)27(24,25)15-6-7-16-13(11-15)8-10-20(16)17(21)14-5-4-9-19(12-14)26(3,22)23/h6-7,11,14H,4-5,8-10,12H2,1-3H3/t14-/m1/s1. The first kappa shape index (κ1) is 20.2. The van der Waals surface area contributed by atoms with Crippen LogP contribution in [-0.2, 0) is 31.3 Å². The van der Waals surface area contributed by atoms with Crippen LogP contribution in [0.3, 0.4) is 0 Å². The van der Waals surface area contributed by atoms with Crippen LogP contribution in [0.1, 0.15) is 18.4 Å². The molecule has 1 amide bonds. The van der Waals surface area contributed by atoms with Gasteiger partial charge in [-0.2, -0.15) is 0 Å². The van der Waals surface area contributed by atoms with Gasteiger partial charge in [0.25, 0.3) is 0 Å². The number of nitrogens with zero attached hydrogens (tertiary/aromatic N) is 3. The van der Waals surface area contributed by atoms with E-state index >= 15 is 0 Å². The second-order valence-electron chi connectivity index (χ2n) is 7.28. The fourth-order valence-electron chi connectivity index (χ4n) is 3.64. The first-order valence-corrected chi connectivity index (χ1v) is 12.1. The fourth-order valence-corrected chi connectivity index (χ4v) is 5.51. The van der Waals surface area contributed by atoms with E-state index in [1.54, 1.807) is 17.0 Å². The highest BCUT2D eigenvalue weighted by Gasteiger charge is 2.35. The van der Waals surface area contributed by atoms with Crippen LogP contribution in [-0.4, -0.2) is 71.3 Å². The van der Waals surface area contributed by atoms with Crippen molar-refractivity contribution in [3.05, 3.63) is 23.8 Å². The third kappa shape index (κ3) is 3.89. The number of benzene rings is 1. The minimum absolute atomic E-state index is 0.0923. The van der Waals surface area contributed by atoms with Crippen molar-refractivity contribution in [3.63, 3.8) is 0 Å². The van der Waals surface area contributed by atoms with Crippen LogP contribution in [0.2, 0.25) is 0 Å². The second kappa shape index (κ2) is 7.16. The van der Waals surface area contributed by atoms with Crippen LogP contribution in [0, 0.1) is 5.92 Å². The molecule has 2 aliphatic rings. The third-order valence-electron chi connectivity index (χ3n) is 5.19. The minimum Gasteiger partial charge on any atom is -0.312 e. The zero-order chi connectivity index (χ0) is 20.0. The Morgan fingerprint density at radius 2 is 1.85 bits per heavy atom. The minimum atomic E-state index is -3.52. The molecule has 0 spiro atoms. The molecule has 1 aromatic rings. The van der Waals surface area contributed by atoms with Crippen LogP contribution < -0.4 is 4.90 Å². The summed E-state index contributed by atoms with van der Waals surface area (Å²) in [6, 6.07) is 4.82. The average molecular weight is 416 g/mol. The van der Waals surface area contributed by atoms with Gasteiger partial charge >= 0.3 is 0 Å². The van der Waals surface area contributed by atoms with Crippen LogP contribution in [0.15, 0.2) is 23.1 Å². The monoisotopic (exact) mass is 415 g/mol. The van der Waals surface area contributed by atoms with Gasteiger partial charge in [-0.15, -0.1) is 0 Å². The molecule has 2 aliphatic heterocycles. The zero-order valence-corrected chi connectivity index (χ0v) is 17.4. The summed E-state index contributed by atoms with van der Waals surface area (Å²) in [6.45, 7) is 1.14. The van der Waals surface area contributed by atoms with Gasteiger partial charge in [-0.3, -0.25) is 4.79 Å². The molecule has 0 unspecified atom stereocenters. The summed E-state index contributed by atoms with van der Waals surface area (Å²) in [7, 11) is -3.88. The summed E-state index contributed by atoms with van der Waals surface area (Å²) in [6.07, 6.45) is 3.06. The lowest BCUT2D eigenvalue weighted by molar-refractivity contribution is -0.123. The van der Waals surface area contributed by atoms with E-state index < -0.39 is 20.0 Å². The Bertz CT molecular complexity index is 957. The van der Waals surface area contributed by atoms with E-state index in [2.05, 4.69) is 0 Å². The molecular weight excluding hydrogens is 390 g/mol. The maximum absolute atomic E-state index is 13.0. The number of carbonyl (C=O) groups excluding carboxylic acids is 1. The molecule has 150 valence electrons. The van der Waals surface area contributed by atoms with Gasteiger partial charge in [0, 0.05) is 39.4 Å². The molecule has 1 saturated heterocycles. The van der Waals surface area contributed by atoms with Crippen LogP contribution in [0.4, 0.5) is 5.69 Å². The highest BCUT2D eigenvalue weighted by Crippen LogP contribution is 2.33. The molecule has 27 heavy (non-hydrogen) atoms. The van der Waals surface area contributed by atoms with Crippen LogP contribution >= 0.6 is 0 Å². The zero-order valence-electron chi connectivity index (χ0n) is 15.8. The molecule has 0 N–H and O–H groups in total. The number of piperidine rings is 1. The number of fused-ring (bicyclic) bond motifs is 1. The highest BCUT2D eigenvalue weighted by atomic mass is 32.2. The van der Waals surface area contributed by atoms with E-state index in [-0.39, 0.29) is 23.3 Å². The van der Waals surface area contributed by atoms with Crippen molar-refractivity contribution >= 4 is 31.6 Å². The number of sulfonamides is 2. The van der Waals surface area contributed by atoms with Crippen molar-refractivity contribution in [2.45, 2.75) is 24.2 Å². The lowest BCUT2D eigenvalue weighted by Gasteiger charge is -2.32. The van der Waals surface area contributed by atoms with E-state index in [1.165, 1.54) is 24.5 Å². The van der Waals surface area contributed by atoms with Gasteiger partial charge in [0.1, 0.15) is 0 Å². The van der Waals surface area contributed by atoms with Gasteiger partial charge < -0.3 is 4.90 Å². The van der Waals surface area contributed by atoms with Gasteiger partial charge in [0.2, 0.25) is 26.0 Å². The van der Waals surface area contributed by atoms with Crippen molar-refractivity contribution in [2.24, 2.45) is 5.92 Å². The smallest absolute Gasteiger partial charge is 0.242 e. The predicted molar refractivity (Wildman–Crippen MR) is 103 cm³/mol. The Morgan fingerprint density at radius 3 is 2.48 bits per heavy atom. The SMILES string of the molecule is CN(C)S(=O)(=O)c1ccc2c(c1)CCN2C(=O)[C@@H]1CCCN(S(C)(=O)=O)C1. The van der Waals surface area contributed by atoms with E-state index in [1.807, 2.05) is 0 Å². The van der Waals surface area contributed by atoms with E-state index in [0.29, 0.717) is 38.0 Å². The first-order valence-electron chi connectivity index (χ1n) is 8.84.